The molecule has 1 saturated heterocycles. The minimum absolute atomic E-state index is 0.0527. The normalized spacial score (nSPS) is 15.6. The lowest BCUT2D eigenvalue weighted by atomic mass is 10.1. The van der Waals surface area contributed by atoms with E-state index in [4.69, 9.17) is 23.8 Å². The van der Waals surface area contributed by atoms with Crippen LogP contribution < -0.4 is 10.2 Å². The molecule has 0 aliphatic carbocycles. The second-order valence-corrected chi connectivity index (χ2v) is 10.1. The second-order valence-electron chi connectivity index (χ2n) is 7.39. The molecule has 1 aliphatic heterocycles. The molecule has 4 rings (SSSR count). The van der Waals surface area contributed by atoms with Crippen molar-refractivity contribution < 1.29 is 18.0 Å². The number of hydrogen-bond acceptors (Lipinski definition) is 7. The molecule has 1 fully saturated rings. The van der Waals surface area contributed by atoms with E-state index in [1.165, 1.54) is 35.4 Å². The molecular weight excluding hydrogens is 520 g/mol. The first-order chi connectivity index (χ1) is 17.2. The topological polar surface area (TPSA) is 120 Å². The standard InChI is InChI=1S/C25H15ClN4O4S2/c26-18-8-10-19(11-9-18)30-24(32)21(23(31)29-25(30)35)14-17-6-4-16(5-7-17)13-20(15-27)36(33,34)22-3-1-2-12-28-22/h1-14H,(H,29,31,35). The fourth-order valence-electron chi connectivity index (χ4n) is 3.28. The Bertz CT molecular complexity index is 1580. The molecule has 3 aromatic rings. The molecule has 36 heavy (non-hydrogen) atoms. The second kappa shape index (κ2) is 10.2. The first-order valence-electron chi connectivity index (χ1n) is 10.3. The Labute approximate surface area is 217 Å². The summed E-state index contributed by atoms with van der Waals surface area (Å²) >= 11 is 11.1. The Balaban J connectivity index is 1.62. The van der Waals surface area contributed by atoms with Crippen molar-refractivity contribution in [2.24, 2.45) is 0 Å². The van der Waals surface area contributed by atoms with Crippen molar-refractivity contribution in [2.45, 2.75) is 5.03 Å². The number of halogens is 1. The van der Waals surface area contributed by atoms with Gasteiger partial charge in [0, 0.05) is 11.2 Å². The van der Waals surface area contributed by atoms with E-state index in [1.807, 2.05) is 0 Å². The highest BCUT2D eigenvalue weighted by molar-refractivity contribution is 7.95. The van der Waals surface area contributed by atoms with Gasteiger partial charge in [-0.25, -0.2) is 13.4 Å². The number of thiocarbonyl (C=S) groups is 1. The Morgan fingerprint density at radius 2 is 1.69 bits per heavy atom. The van der Waals surface area contributed by atoms with Gasteiger partial charge in [0.25, 0.3) is 11.8 Å². The molecule has 0 unspecified atom stereocenters. The first-order valence-corrected chi connectivity index (χ1v) is 12.5. The van der Waals surface area contributed by atoms with Gasteiger partial charge in [0.1, 0.15) is 11.6 Å². The number of rotatable bonds is 5. The fourth-order valence-corrected chi connectivity index (χ4v) is 4.78. The highest BCUT2D eigenvalue weighted by Crippen LogP contribution is 2.24. The molecular formula is C25H15ClN4O4S2. The molecule has 1 aliphatic rings. The Morgan fingerprint density at radius 3 is 2.31 bits per heavy atom. The van der Waals surface area contributed by atoms with Gasteiger partial charge < -0.3 is 0 Å². The van der Waals surface area contributed by atoms with Gasteiger partial charge in [-0.2, -0.15) is 5.26 Å². The number of carbonyl (C=O) groups is 2. The number of benzene rings is 2. The minimum atomic E-state index is -4.08. The van der Waals surface area contributed by atoms with Crippen LogP contribution in [0.3, 0.4) is 0 Å². The van der Waals surface area contributed by atoms with Gasteiger partial charge in [-0.3, -0.25) is 19.8 Å². The zero-order valence-corrected chi connectivity index (χ0v) is 20.6. The molecule has 8 nitrogen and oxygen atoms in total. The number of aromatic nitrogens is 1. The number of pyridine rings is 1. The quantitative estimate of drug-likeness (QED) is 0.228. The summed E-state index contributed by atoms with van der Waals surface area (Å²) in [5.41, 5.74) is 1.23. The lowest BCUT2D eigenvalue weighted by molar-refractivity contribution is -0.122. The van der Waals surface area contributed by atoms with E-state index in [1.54, 1.807) is 60.7 Å². The number of allylic oxidation sites excluding steroid dienone is 1. The molecule has 0 spiro atoms. The predicted molar refractivity (Wildman–Crippen MR) is 139 cm³/mol. The van der Waals surface area contributed by atoms with Crippen molar-refractivity contribution >= 4 is 68.4 Å². The lowest BCUT2D eigenvalue weighted by Gasteiger charge is -2.28. The summed E-state index contributed by atoms with van der Waals surface area (Å²) in [6, 6.07) is 18.8. The third kappa shape index (κ3) is 5.08. The fraction of sp³-hybridized carbons (Fsp3) is 0. The average molecular weight is 535 g/mol. The van der Waals surface area contributed by atoms with Gasteiger partial charge >= 0.3 is 0 Å². The summed E-state index contributed by atoms with van der Waals surface area (Å²) in [6.45, 7) is 0. The third-order valence-electron chi connectivity index (χ3n) is 5.04. The Morgan fingerprint density at radius 1 is 1.03 bits per heavy atom. The van der Waals surface area contributed by atoms with Gasteiger partial charge in [-0.15, -0.1) is 0 Å². The molecule has 0 radical (unpaired) electrons. The van der Waals surface area contributed by atoms with Gasteiger partial charge in [0.15, 0.2) is 15.0 Å². The number of sulfone groups is 1. The van der Waals surface area contributed by atoms with E-state index in [0.29, 0.717) is 21.8 Å². The summed E-state index contributed by atoms with van der Waals surface area (Å²) in [4.78, 5) is 30.1. The minimum Gasteiger partial charge on any atom is -0.298 e. The summed E-state index contributed by atoms with van der Waals surface area (Å²) in [5.74, 6) is -1.25. The zero-order valence-electron chi connectivity index (χ0n) is 18.3. The number of nitriles is 1. The predicted octanol–water partition coefficient (Wildman–Crippen LogP) is 3.90. The monoisotopic (exact) mass is 534 g/mol. The molecule has 1 aromatic heterocycles. The number of nitrogens with zero attached hydrogens (tertiary/aromatic N) is 3. The van der Waals surface area contributed by atoms with Crippen LogP contribution in [0.2, 0.25) is 5.02 Å². The average Bonchev–Trinajstić information content (AvgIpc) is 2.87. The van der Waals surface area contributed by atoms with Crippen LogP contribution in [0.5, 0.6) is 0 Å². The molecule has 2 heterocycles. The summed E-state index contributed by atoms with van der Waals surface area (Å²) in [6.07, 6.45) is 3.94. The molecule has 0 atom stereocenters. The molecule has 2 aromatic carbocycles. The van der Waals surface area contributed by atoms with E-state index in [9.17, 15) is 23.3 Å². The van der Waals surface area contributed by atoms with Gasteiger partial charge in [-0.1, -0.05) is 41.9 Å². The van der Waals surface area contributed by atoms with E-state index >= 15 is 0 Å². The Hall–Kier alpha value is -4.17. The van der Waals surface area contributed by atoms with Crippen LogP contribution in [0, 0.1) is 11.3 Å². The maximum Gasteiger partial charge on any atom is 0.270 e. The largest absolute Gasteiger partial charge is 0.298 e. The van der Waals surface area contributed by atoms with Crippen LogP contribution in [-0.4, -0.2) is 30.3 Å². The maximum absolute atomic E-state index is 13.1. The van der Waals surface area contributed by atoms with E-state index < -0.39 is 26.6 Å². The summed E-state index contributed by atoms with van der Waals surface area (Å²) in [5, 5.41) is 12.1. The van der Waals surface area contributed by atoms with Crippen LogP contribution in [0.4, 0.5) is 5.69 Å². The van der Waals surface area contributed by atoms with Crippen LogP contribution in [-0.2, 0) is 19.4 Å². The van der Waals surface area contributed by atoms with Crippen molar-refractivity contribution in [3.63, 3.8) is 0 Å². The van der Waals surface area contributed by atoms with Crippen LogP contribution in [0.15, 0.2) is 88.4 Å². The molecule has 178 valence electrons. The van der Waals surface area contributed by atoms with Crippen LogP contribution in [0.1, 0.15) is 11.1 Å². The highest BCUT2D eigenvalue weighted by Gasteiger charge is 2.34. The van der Waals surface area contributed by atoms with E-state index in [0.717, 1.165) is 0 Å². The highest BCUT2D eigenvalue weighted by atomic mass is 35.5. The van der Waals surface area contributed by atoms with Crippen molar-refractivity contribution in [2.75, 3.05) is 4.90 Å². The third-order valence-corrected chi connectivity index (χ3v) is 7.16. The molecule has 2 amide bonds. The van der Waals surface area contributed by atoms with Gasteiger partial charge in [0.05, 0.1) is 5.69 Å². The van der Waals surface area contributed by atoms with Crippen molar-refractivity contribution in [3.8, 4) is 6.07 Å². The molecule has 11 heteroatoms. The van der Waals surface area contributed by atoms with E-state index in [2.05, 4.69) is 10.3 Å². The van der Waals surface area contributed by atoms with Crippen LogP contribution in [0.25, 0.3) is 12.2 Å². The van der Waals surface area contributed by atoms with Gasteiger partial charge in [0.2, 0.25) is 9.84 Å². The molecule has 0 saturated carbocycles. The van der Waals surface area contributed by atoms with E-state index in [-0.39, 0.29) is 15.7 Å². The number of nitrogens with one attached hydrogen (secondary N) is 1. The smallest absolute Gasteiger partial charge is 0.270 e. The first kappa shape index (κ1) is 24.9. The Kier molecular flexibility index (Phi) is 7.07. The number of anilines is 1. The number of amides is 2. The zero-order chi connectivity index (χ0) is 25.9. The number of carbonyl (C=O) groups excluding carboxylic acids is 2. The number of hydrogen-bond donors (Lipinski definition) is 1. The lowest BCUT2D eigenvalue weighted by Crippen LogP contribution is -2.54. The molecule has 1 N–H and O–H groups in total. The van der Waals surface area contributed by atoms with Crippen molar-refractivity contribution in [1.82, 2.24) is 10.3 Å². The van der Waals surface area contributed by atoms with Crippen molar-refractivity contribution in [1.29, 1.82) is 5.26 Å². The summed E-state index contributed by atoms with van der Waals surface area (Å²) in [7, 11) is -4.08. The van der Waals surface area contributed by atoms with Crippen molar-refractivity contribution in [3.05, 3.63) is 99.6 Å². The maximum atomic E-state index is 13.1. The summed E-state index contributed by atoms with van der Waals surface area (Å²) < 4.78 is 25.4. The molecule has 0 bridgehead atoms. The SMILES string of the molecule is N#CC(=Cc1ccc(C=C2C(=O)NC(=S)N(c3ccc(Cl)cc3)C2=O)cc1)S(=O)(=O)c1ccccn1. The van der Waals surface area contributed by atoms with Gasteiger partial charge in [-0.05, 0) is 71.9 Å². The van der Waals surface area contributed by atoms with Crippen LogP contribution >= 0.6 is 23.8 Å².